The van der Waals surface area contributed by atoms with Crippen molar-refractivity contribution in [1.29, 1.82) is 0 Å². The Bertz CT molecular complexity index is 471. The summed E-state index contributed by atoms with van der Waals surface area (Å²) < 4.78 is 5.24. The first kappa shape index (κ1) is 14.6. The van der Waals surface area contributed by atoms with Gasteiger partial charge >= 0.3 is 0 Å². The monoisotopic (exact) mass is 286 g/mol. The largest absolute Gasteiger partial charge is 0.497 e. The molecule has 3 heteroatoms. The third-order valence-corrected chi connectivity index (χ3v) is 4.91. The maximum absolute atomic E-state index is 5.24. The number of methoxy groups -OCH3 is 1. The van der Waals surface area contributed by atoms with Crippen LogP contribution in [0.25, 0.3) is 0 Å². The number of nitrogens with zero attached hydrogens (tertiary/aromatic N) is 2. The molecule has 0 unspecified atom stereocenters. The van der Waals surface area contributed by atoms with E-state index in [1.807, 2.05) is 0 Å². The van der Waals surface area contributed by atoms with Gasteiger partial charge in [-0.25, -0.2) is 0 Å². The molecule has 114 valence electrons. The van der Waals surface area contributed by atoms with Gasteiger partial charge in [-0.05, 0) is 30.5 Å². The molecule has 0 amide bonds. The van der Waals surface area contributed by atoms with Crippen LogP contribution in [-0.4, -0.2) is 48.6 Å². The molecule has 3 aliphatic heterocycles. The van der Waals surface area contributed by atoms with Crippen LogP contribution in [0.2, 0.25) is 0 Å². The summed E-state index contributed by atoms with van der Waals surface area (Å²) in [7, 11) is 1.72. The molecule has 3 fully saturated rings. The van der Waals surface area contributed by atoms with Gasteiger partial charge in [0.25, 0.3) is 0 Å². The molecule has 3 aliphatic rings. The van der Waals surface area contributed by atoms with E-state index in [4.69, 9.17) is 4.74 Å². The molecule has 3 saturated heterocycles. The quantitative estimate of drug-likeness (QED) is 0.774. The van der Waals surface area contributed by atoms with Crippen molar-refractivity contribution in [3.05, 3.63) is 42.5 Å². The molecule has 1 aromatic carbocycles. The first-order valence-electron chi connectivity index (χ1n) is 8.02. The van der Waals surface area contributed by atoms with Crippen LogP contribution in [0, 0.1) is 0 Å². The van der Waals surface area contributed by atoms with Crippen LogP contribution in [0.15, 0.2) is 36.9 Å². The predicted molar refractivity (Wildman–Crippen MR) is 86.6 cm³/mol. The second-order valence-corrected chi connectivity index (χ2v) is 6.26. The summed E-state index contributed by atoms with van der Waals surface area (Å²) in [6.07, 6.45) is 6.08. The molecule has 3 nitrogen and oxygen atoms in total. The maximum Gasteiger partial charge on any atom is 0.118 e. The van der Waals surface area contributed by atoms with Crippen molar-refractivity contribution in [3.63, 3.8) is 0 Å². The summed E-state index contributed by atoms with van der Waals surface area (Å²) in [5.74, 6) is 0.938. The second kappa shape index (κ2) is 6.63. The number of benzene rings is 1. The van der Waals surface area contributed by atoms with E-state index in [2.05, 4.69) is 46.7 Å². The van der Waals surface area contributed by atoms with E-state index in [1.165, 1.54) is 37.9 Å². The first-order chi connectivity index (χ1) is 10.3. The minimum Gasteiger partial charge on any atom is -0.497 e. The summed E-state index contributed by atoms with van der Waals surface area (Å²) >= 11 is 0. The third-order valence-electron chi connectivity index (χ3n) is 4.91. The minimum absolute atomic E-state index is 0.700. The Kier molecular flexibility index (Phi) is 4.61. The number of ether oxygens (including phenoxy) is 1. The summed E-state index contributed by atoms with van der Waals surface area (Å²) in [5.41, 5.74) is 1.39. The zero-order valence-corrected chi connectivity index (χ0v) is 13.0. The third kappa shape index (κ3) is 3.30. The summed E-state index contributed by atoms with van der Waals surface area (Å²) in [5, 5.41) is 0. The molecule has 1 aromatic rings. The lowest BCUT2D eigenvalue weighted by Gasteiger charge is -2.43. The Balaban J connectivity index is 1.67. The van der Waals surface area contributed by atoms with Gasteiger partial charge < -0.3 is 4.74 Å². The SMILES string of the molecule is C=CCN1C[C@H]2CCC[C@@H]1CN2Cc1ccc(OC)cc1. The maximum atomic E-state index is 5.24. The molecule has 0 saturated carbocycles. The van der Waals surface area contributed by atoms with E-state index in [0.29, 0.717) is 12.1 Å². The van der Waals surface area contributed by atoms with Crippen molar-refractivity contribution >= 4 is 0 Å². The lowest BCUT2D eigenvalue weighted by molar-refractivity contribution is 0.0452. The Morgan fingerprint density at radius 2 is 1.81 bits per heavy atom. The molecule has 2 bridgehead atoms. The number of fused-ring (bicyclic) bond motifs is 4. The van der Waals surface area contributed by atoms with Crippen molar-refractivity contribution in [2.75, 3.05) is 26.7 Å². The van der Waals surface area contributed by atoms with E-state index in [9.17, 15) is 0 Å². The number of hydrogen-bond acceptors (Lipinski definition) is 3. The molecule has 21 heavy (non-hydrogen) atoms. The topological polar surface area (TPSA) is 15.7 Å². The Hall–Kier alpha value is -1.32. The normalized spacial score (nSPS) is 26.5. The van der Waals surface area contributed by atoms with Gasteiger partial charge in [0, 0.05) is 38.3 Å². The van der Waals surface area contributed by atoms with Crippen LogP contribution in [0.5, 0.6) is 5.75 Å². The number of piperazine rings is 1. The van der Waals surface area contributed by atoms with Crippen molar-refractivity contribution in [2.45, 2.75) is 37.9 Å². The predicted octanol–water partition coefficient (Wildman–Crippen LogP) is 2.92. The van der Waals surface area contributed by atoms with Gasteiger partial charge in [-0.3, -0.25) is 9.80 Å². The molecule has 4 rings (SSSR count). The van der Waals surface area contributed by atoms with E-state index < -0.39 is 0 Å². The van der Waals surface area contributed by atoms with Gasteiger partial charge in [0.15, 0.2) is 0 Å². The van der Waals surface area contributed by atoms with Gasteiger partial charge in [-0.2, -0.15) is 0 Å². The van der Waals surface area contributed by atoms with Gasteiger partial charge in [0.1, 0.15) is 5.75 Å². The van der Waals surface area contributed by atoms with Crippen molar-refractivity contribution in [3.8, 4) is 5.75 Å². The number of hydrogen-bond donors (Lipinski definition) is 0. The first-order valence-corrected chi connectivity index (χ1v) is 8.02. The van der Waals surface area contributed by atoms with Gasteiger partial charge in [-0.1, -0.05) is 24.6 Å². The van der Waals surface area contributed by atoms with Crippen LogP contribution in [0.4, 0.5) is 0 Å². The summed E-state index contributed by atoms with van der Waals surface area (Å²) in [6, 6.07) is 9.92. The highest BCUT2D eigenvalue weighted by molar-refractivity contribution is 5.27. The van der Waals surface area contributed by atoms with Crippen LogP contribution >= 0.6 is 0 Å². The van der Waals surface area contributed by atoms with Crippen molar-refractivity contribution in [1.82, 2.24) is 9.80 Å². The van der Waals surface area contributed by atoms with E-state index in [-0.39, 0.29) is 0 Å². The van der Waals surface area contributed by atoms with Crippen LogP contribution in [0.1, 0.15) is 24.8 Å². The summed E-state index contributed by atoms with van der Waals surface area (Å²) in [6.45, 7) is 8.41. The molecule has 0 aromatic heterocycles. The minimum atomic E-state index is 0.700. The van der Waals surface area contributed by atoms with Crippen LogP contribution in [-0.2, 0) is 6.54 Å². The van der Waals surface area contributed by atoms with E-state index in [0.717, 1.165) is 18.8 Å². The molecule has 0 aliphatic carbocycles. The zero-order valence-electron chi connectivity index (χ0n) is 13.0. The molecule has 0 radical (unpaired) electrons. The highest BCUT2D eigenvalue weighted by atomic mass is 16.5. The van der Waals surface area contributed by atoms with Crippen LogP contribution < -0.4 is 4.74 Å². The number of rotatable bonds is 5. The lowest BCUT2D eigenvalue weighted by Crippen LogP contribution is -2.55. The van der Waals surface area contributed by atoms with Gasteiger partial charge in [0.05, 0.1) is 7.11 Å². The Morgan fingerprint density at radius 3 is 2.48 bits per heavy atom. The smallest absolute Gasteiger partial charge is 0.118 e. The molecular weight excluding hydrogens is 260 g/mol. The standard InChI is InChI=1S/C18H26N2O/c1-3-11-19-13-17-6-4-5-16(19)14-20(17)12-15-7-9-18(21-2)10-8-15/h3,7-10,16-17H,1,4-6,11-14H2,2H3/t16-,17-/m1/s1. The fourth-order valence-corrected chi connectivity index (χ4v) is 3.76. The zero-order chi connectivity index (χ0) is 14.7. The molecule has 2 atom stereocenters. The Morgan fingerprint density at radius 1 is 1.14 bits per heavy atom. The van der Waals surface area contributed by atoms with E-state index >= 15 is 0 Å². The fraction of sp³-hybridized carbons (Fsp3) is 0.556. The summed E-state index contributed by atoms with van der Waals surface area (Å²) in [4.78, 5) is 5.30. The fourth-order valence-electron chi connectivity index (χ4n) is 3.76. The van der Waals surface area contributed by atoms with Gasteiger partial charge in [-0.15, -0.1) is 6.58 Å². The molecular formula is C18H26N2O. The van der Waals surface area contributed by atoms with Crippen molar-refractivity contribution in [2.24, 2.45) is 0 Å². The molecule has 0 N–H and O–H groups in total. The Labute approximate surface area is 128 Å². The lowest BCUT2D eigenvalue weighted by atomic mass is 10.1. The van der Waals surface area contributed by atoms with Crippen molar-refractivity contribution < 1.29 is 4.74 Å². The highest BCUT2D eigenvalue weighted by Gasteiger charge is 2.35. The molecule has 3 heterocycles. The van der Waals surface area contributed by atoms with Crippen LogP contribution in [0.3, 0.4) is 0 Å². The van der Waals surface area contributed by atoms with E-state index in [1.54, 1.807) is 7.11 Å². The average molecular weight is 286 g/mol. The molecule has 0 spiro atoms. The average Bonchev–Trinajstić information content (AvgIpc) is 2.82. The highest BCUT2D eigenvalue weighted by Crippen LogP contribution is 2.28. The van der Waals surface area contributed by atoms with Gasteiger partial charge in [0.2, 0.25) is 0 Å². The second-order valence-electron chi connectivity index (χ2n) is 6.26.